The van der Waals surface area contributed by atoms with Gasteiger partial charge in [-0.3, -0.25) is 15.0 Å². The van der Waals surface area contributed by atoms with Gasteiger partial charge in [0.1, 0.15) is 6.04 Å². The lowest BCUT2D eigenvalue weighted by molar-refractivity contribution is 0.0899. The SMILES string of the molecule is CCN(CC)C(C=NC(=S)NC(=O)O)C(=O)c1ccccc1. The first-order chi connectivity index (χ1) is 10.5. The van der Waals surface area contributed by atoms with Crippen molar-refractivity contribution in [1.29, 1.82) is 0 Å². The van der Waals surface area contributed by atoms with Gasteiger partial charge in [0, 0.05) is 11.8 Å². The number of benzene rings is 1. The van der Waals surface area contributed by atoms with Gasteiger partial charge in [0.2, 0.25) is 5.11 Å². The number of nitrogens with one attached hydrogen (secondary N) is 1. The molecule has 0 saturated carbocycles. The Morgan fingerprint density at radius 1 is 1.32 bits per heavy atom. The van der Waals surface area contributed by atoms with E-state index in [4.69, 9.17) is 17.3 Å². The Kier molecular flexibility index (Phi) is 7.34. The summed E-state index contributed by atoms with van der Waals surface area (Å²) in [6.07, 6.45) is 0.108. The smallest absolute Gasteiger partial charge is 0.410 e. The lowest BCUT2D eigenvalue weighted by atomic mass is 10.0. The number of carbonyl (C=O) groups excluding carboxylic acids is 1. The van der Waals surface area contributed by atoms with Crippen LogP contribution in [0.25, 0.3) is 0 Å². The van der Waals surface area contributed by atoms with Crippen molar-refractivity contribution in [3.63, 3.8) is 0 Å². The maximum atomic E-state index is 12.6. The van der Waals surface area contributed by atoms with Gasteiger partial charge < -0.3 is 5.11 Å². The average molecular weight is 321 g/mol. The van der Waals surface area contributed by atoms with E-state index in [0.29, 0.717) is 18.7 Å². The molecular formula is C15H19N3O3S. The minimum atomic E-state index is -1.28. The van der Waals surface area contributed by atoms with Gasteiger partial charge in [0.15, 0.2) is 5.78 Å². The molecule has 1 aromatic carbocycles. The second-order valence-corrected chi connectivity index (χ2v) is 4.80. The topological polar surface area (TPSA) is 82.0 Å². The monoisotopic (exact) mass is 321 g/mol. The van der Waals surface area contributed by atoms with E-state index in [1.807, 2.05) is 30.1 Å². The van der Waals surface area contributed by atoms with E-state index in [2.05, 4.69) is 4.99 Å². The maximum absolute atomic E-state index is 12.6. The molecule has 118 valence electrons. The van der Waals surface area contributed by atoms with E-state index in [0.717, 1.165) is 0 Å². The molecule has 2 N–H and O–H groups in total. The zero-order chi connectivity index (χ0) is 16.5. The minimum Gasteiger partial charge on any atom is -0.465 e. The van der Waals surface area contributed by atoms with Crippen molar-refractivity contribution >= 4 is 35.4 Å². The predicted molar refractivity (Wildman–Crippen MR) is 89.7 cm³/mol. The summed E-state index contributed by atoms with van der Waals surface area (Å²) in [5.74, 6) is -0.105. The first kappa shape index (κ1) is 17.9. The summed E-state index contributed by atoms with van der Waals surface area (Å²) in [4.78, 5) is 28.9. The van der Waals surface area contributed by atoms with Crippen LogP contribution in [0.1, 0.15) is 24.2 Å². The normalized spacial score (nSPS) is 12.3. The largest absolute Gasteiger partial charge is 0.465 e. The Labute approximate surface area is 134 Å². The number of amides is 1. The summed E-state index contributed by atoms with van der Waals surface area (Å²) in [6.45, 7) is 5.20. The van der Waals surface area contributed by atoms with Crippen LogP contribution in [-0.4, -0.2) is 52.3 Å². The zero-order valence-corrected chi connectivity index (χ0v) is 13.3. The van der Waals surface area contributed by atoms with Gasteiger partial charge in [-0.05, 0) is 25.3 Å². The average Bonchev–Trinajstić information content (AvgIpc) is 2.51. The van der Waals surface area contributed by atoms with Crippen molar-refractivity contribution in [3.05, 3.63) is 35.9 Å². The third-order valence-corrected chi connectivity index (χ3v) is 3.29. The number of hydrogen-bond donors (Lipinski definition) is 2. The fraction of sp³-hybridized carbons (Fsp3) is 0.333. The van der Waals surface area contributed by atoms with Crippen LogP contribution in [0.3, 0.4) is 0 Å². The molecule has 1 amide bonds. The summed E-state index contributed by atoms with van der Waals surface area (Å²) >= 11 is 4.79. The second-order valence-electron chi connectivity index (χ2n) is 4.41. The van der Waals surface area contributed by atoms with E-state index in [-0.39, 0.29) is 10.9 Å². The fourth-order valence-electron chi connectivity index (χ4n) is 1.98. The molecule has 1 atom stereocenters. The first-order valence-corrected chi connectivity index (χ1v) is 7.31. The van der Waals surface area contributed by atoms with Crippen LogP contribution in [0.2, 0.25) is 0 Å². The molecule has 0 aliphatic rings. The summed E-state index contributed by atoms with van der Waals surface area (Å²) in [7, 11) is 0. The van der Waals surface area contributed by atoms with Gasteiger partial charge in [0.05, 0.1) is 0 Å². The van der Waals surface area contributed by atoms with E-state index in [9.17, 15) is 9.59 Å². The van der Waals surface area contributed by atoms with Crippen LogP contribution in [0.5, 0.6) is 0 Å². The molecule has 0 fully saturated rings. The van der Waals surface area contributed by atoms with Gasteiger partial charge in [-0.2, -0.15) is 0 Å². The van der Waals surface area contributed by atoms with Crippen LogP contribution >= 0.6 is 12.2 Å². The van der Waals surface area contributed by atoms with Crippen LogP contribution in [0, 0.1) is 0 Å². The second kappa shape index (κ2) is 9.01. The van der Waals surface area contributed by atoms with E-state index in [1.54, 1.807) is 24.3 Å². The number of hydrogen-bond acceptors (Lipinski definition) is 4. The van der Waals surface area contributed by atoms with Gasteiger partial charge in [-0.1, -0.05) is 44.2 Å². The van der Waals surface area contributed by atoms with Crippen molar-refractivity contribution in [2.75, 3.05) is 13.1 Å². The van der Waals surface area contributed by atoms with E-state index >= 15 is 0 Å². The number of nitrogens with zero attached hydrogens (tertiary/aromatic N) is 2. The highest BCUT2D eigenvalue weighted by molar-refractivity contribution is 7.80. The van der Waals surface area contributed by atoms with E-state index < -0.39 is 12.1 Å². The number of ketones is 1. The summed E-state index contributed by atoms with van der Waals surface area (Å²) in [5, 5.41) is 10.4. The summed E-state index contributed by atoms with van der Waals surface area (Å²) < 4.78 is 0. The van der Waals surface area contributed by atoms with Crippen molar-refractivity contribution in [2.24, 2.45) is 4.99 Å². The predicted octanol–water partition coefficient (Wildman–Crippen LogP) is 2.20. The van der Waals surface area contributed by atoms with E-state index in [1.165, 1.54) is 6.21 Å². The number of aliphatic imine (C=N–C) groups is 1. The van der Waals surface area contributed by atoms with Crippen LogP contribution in [0.4, 0.5) is 4.79 Å². The summed E-state index contributed by atoms with van der Waals surface area (Å²) in [6, 6.07) is 8.30. The molecule has 1 aromatic rings. The van der Waals surface area contributed by atoms with Crippen molar-refractivity contribution < 1.29 is 14.7 Å². The molecule has 0 aromatic heterocycles. The number of Topliss-reactive ketones (excluding diaryl/α,β-unsaturated/α-hetero) is 1. The third kappa shape index (κ3) is 5.34. The molecule has 22 heavy (non-hydrogen) atoms. The first-order valence-electron chi connectivity index (χ1n) is 6.91. The molecule has 1 unspecified atom stereocenters. The molecule has 6 nitrogen and oxygen atoms in total. The Morgan fingerprint density at radius 3 is 2.41 bits per heavy atom. The zero-order valence-electron chi connectivity index (χ0n) is 12.5. The third-order valence-electron chi connectivity index (χ3n) is 3.08. The van der Waals surface area contributed by atoms with Gasteiger partial charge in [-0.25, -0.2) is 9.79 Å². The highest BCUT2D eigenvalue weighted by Crippen LogP contribution is 2.08. The van der Waals surface area contributed by atoms with Crippen LogP contribution in [-0.2, 0) is 0 Å². The molecule has 0 aliphatic carbocycles. The van der Waals surface area contributed by atoms with Gasteiger partial charge >= 0.3 is 6.09 Å². The quantitative estimate of drug-likeness (QED) is 0.477. The lowest BCUT2D eigenvalue weighted by Crippen LogP contribution is -2.42. The molecule has 0 radical (unpaired) electrons. The number of carboxylic acid groups (broad SMARTS) is 1. The molecule has 0 heterocycles. The lowest BCUT2D eigenvalue weighted by Gasteiger charge is -2.25. The van der Waals surface area contributed by atoms with Crippen molar-refractivity contribution in [2.45, 2.75) is 19.9 Å². The maximum Gasteiger partial charge on any atom is 0.410 e. The Morgan fingerprint density at radius 2 is 1.91 bits per heavy atom. The van der Waals surface area contributed by atoms with Gasteiger partial charge in [-0.15, -0.1) is 0 Å². The molecule has 0 bridgehead atoms. The molecule has 0 aliphatic heterocycles. The number of rotatable bonds is 6. The fourth-order valence-corrected chi connectivity index (χ4v) is 2.13. The van der Waals surface area contributed by atoms with Crippen LogP contribution < -0.4 is 5.32 Å². The van der Waals surface area contributed by atoms with Crippen molar-refractivity contribution in [3.8, 4) is 0 Å². The summed E-state index contributed by atoms with van der Waals surface area (Å²) in [5.41, 5.74) is 0.572. The van der Waals surface area contributed by atoms with Crippen LogP contribution in [0.15, 0.2) is 35.3 Å². The molecule has 1 rings (SSSR count). The minimum absolute atomic E-state index is 0.105. The van der Waals surface area contributed by atoms with Gasteiger partial charge in [0.25, 0.3) is 0 Å². The molecule has 0 saturated heterocycles. The Bertz CT molecular complexity index is 556. The number of thiocarbonyl (C=S) groups is 1. The van der Waals surface area contributed by atoms with Crippen molar-refractivity contribution in [1.82, 2.24) is 10.2 Å². The highest BCUT2D eigenvalue weighted by atomic mass is 32.1. The number of carbonyl (C=O) groups is 2. The Balaban J connectivity index is 2.98. The number of likely N-dealkylation sites (N-methyl/N-ethyl adjacent to an activating group) is 1. The molecule has 0 spiro atoms. The Hall–Kier alpha value is -2.12. The molecular weight excluding hydrogens is 302 g/mol. The molecule has 7 heteroatoms. The standard InChI is InChI=1S/C15H19N3O3S/c1-3-18(4-2)12(10-16-14(22)17-15(20)21)13(19)11-8-6-5-7-9-11/h5-10,12H,3-4H2,1-2H3,(H,17,22)(H,20,21). The highest BCUT2D eigenvalue weighted by Gasteiger charge is 2.23.